The molecule has 0 aromatic carbocycles. The normalized spacial score (nSPS) is 14.9. The summed E-state index contributed by atoms with van der Waals surface area (Å²) >= 11 is 0. The molecule has 1 rings (SSSR count). The van der Waals surface area contributed by atoms with Crippen LogP contribution in [0.5, 0.6) is 0 Å². The van der Waals surface area contributed by atoms with Gasteiger partial charge in [-0.1, -0.05) is 32.6 Å². The van der Waals surface area contributed by atoms with Crippen LogP contribution in [0.15, 0.2) is 41.1 Å². The fourth-order valence-corrected chi connectivity index (χ4v) is 1.40. The zero-order valence-corrected chi connectivity index (χ0v) is 10.5. The highest BCUT2D eigenvalue weighted by Gasteiger charge is 2.02. The predicted octanol–water partition coefficient (Wildman–Crippen LogP) is 4.67. The molecule has 1 aliphatic rings. The van der Waals surface area contributed by atoms with Gasteiger partial charge in [-0.05, 0) is 44.8 Å². The van der Waals surface area contributed by atoms with E-state index in [-0.39, 0.29) is 0 Å². The van der Waals surface area contributed by atoms with Gasteiger partial charge in [-0.25, -0.2) is 0 Å². The molecule has 0 unspecified atom stereocenters. The Morgan fingerprint density at radius 3 is 2.60 bits per heavy atom. The Morgan fingerprint density at radius 2 is 2.07 bits per heavy atom. The van der Waals surface area contributed by atoms with Gasteiger partial charge in [0, 0.05) is 5.71 Å². The molecule has 0 aromatic rings. The molecular weight excluding hydrogens is 182 g/mol. The number of hydrogen-bond donors (Lipinski definition) is 0. The Bertz CT molecular complexity index is 276. The zero-order chi connectivity index (χ0) is 11.7. The van der Waals surface area contributed by atoms with E-state index < -0.39 is 0 Å². The first-order valence-electron chi connectivity index (χ1n) is 5.78. The summed E-state index contributed by atoms with van der Waals surface area (Å²) in [7, 11) is 0. The molecule has 0 heterocycles. The van der Waals surface area contributed by atoms with Crippen molar-refractivity contribution in [2.24, 2.45) is 4.99 Å². The maximum absolute atomic E-state index is 4.49. The third-order valence-electron chi connectivity index (χ3n) is 2.01. The quantitative estimate of drug-likeness (QED) is 0.581. The highest BCUT2D eigenvalue weighted by molar-refractivity contribution is 5.80. The first-order chi connectivity index (χ1) is 7.24. The van der Waals surface area contributed by atoms with Crippen LogP contribution in [0.4, 0.5) is 0 Å². The first kappa shape index (κ1) is 13.9. The van der Waals surface area contributed by atoms with Gasteiger partial charge in [-0.3, -0.25) is 4.99 Å². The topological polar surface area (TPSA) is 12.4 Å². The van der Waals surface area contributed by atoms with Gasteiger partial charge in [0.25, 0.3) is 0 Å². The van der Waals surface area contributed by atoms with Crippen molar-refractivity contribution in [1.82, 2.24) is 0 Å². The molecule has 0 atom stereocenters. The molecule has 0 fully saturated rings. The summed E-state index contributed by atoms with van der Waals surface area (Å²) in [5, 5.41) is 0. The smallest absolute Gasteiger partial charge is 0.0657 e. The molecule has 0 amide bonds. The van der Waals surface area contributed by atoms with Gasteiger partial charge in [0.05, 0.1) is 5.70 Å². The van der Waals surface area contributed by atoms with E-state index >= 15 is 0 Å². The van der Waals surface area contributed by atoms with Gasteiger partial charge in [0.2, 0.25) is 0 Å². The van der Waals surface area contributed by atoms with Crippen LogP contribution in [0, 0.1) is 0 Å². The highest BCUT2D eigenvalue weighted by Crippen LogP contribution is 2.20. The molecular formula is C14H23N. The minimum Gasteiger partial charge on any atom is -0.258 e. The monoisotopic (exact) mass is 205 g/mol. The molecule has 0 aromatic heterocycles. The third-order valence-corrected chi connectivity index (χ3v) is 2.01. The second-order valence-electron chi connectivity index (χ2n) is 3.47. The molecule has 1 nitrogen and oxygen atoms in total. The van der Waals surface area contributed by atoms with E-state index in [4.69, 9.17) is 0 Å². The van der Waals surface area contributed by atoms with Gasteiger partial charge < -0.3 is 0 Å². The van der Waals surface area contributed by atoms with Crippen molar-refractivity contribution in [2.45, 2.75) is 47.0 Å². The van der Waals surface area contributed by atoms with Gasteiger partial charge in [0.1, 0.15) is 0 Å². The molecule has 0 bridgehead atoms. The van der Waals surface area contributed by atoms with Gasteiger partial charge >= 0.3 is 0 Å². The Balaban J connectivity index is 0.000000921. The van der Waals surface area contributed by atoms with E-state index in [1.807, 2.05) is 33.8 Å². The lowest BCUT2D eigenvalue weighted by molar-refractivity contribution is 0.852. The predicted molar refractivity (Wildman–Crippen MR) is 70.3 cm³/mol. The molecule has 1 heteroatoms. The number of rotatable bonds is 2. The molecule has 0 aliphatic heterocycles. The Kier molecular flexibility index (Phi) is 7.61. The molecule has 0 radical (unpaired) electrons. The van der Waals surface area contributed by atoms with Crippen LogP contribution >= 0.6 is 0 Å². The van der Waals surface area contributed by atoms with Crippen molar-refractivity contribution < 1.29 is 0 Å². The highest BCUT2D eigenvalue weighted by atomic mass is 14.7. The van der Waals surface area contributed by atoms with Crippen LogP contribution in [0.1, 0.15) is 47.0 Å². The maximum atomic E-state index is 4.49. The zero-order valence-electron chi connectivity index (χ0n) is 10.5. The molecule has 15 heavy (non-hydrogen) atoms. The lowest BCUT2D eigenvalue weighted by Crippen LogP contribution is -1.87. The van der Waals surface area contributed by atoms with Crippen LogP contribution in [-0.2, 0) is 0 Å². The summed E-state index contributed by atoms with van der Waals surface area (Å²) in [6, 6.07) is 0. The summed E-state index contributed by atoms with van der Waals surface area (Å²) in [5.74, 6) is 0. The minimum atomic E-state index is 1.09. The van der Waals surface area contributed by atoms with Gasteiger partial charge in [-0.2, -0.15) is 0 Å². The number of aliphatic imine (C=N–C) groups is 1. The fraction of sp³-hybridized carbons (Fsp3) is 0.500. The molecule has 0 N–H and O–H groups in total. The van der Waals surface area contributed by atoms with Crippen molar-refractivity contribution in [3.05, 3.63) is 36.1 Å². The van der Waals surface area contributed by atoms with E-state index in [1.165, 1.54) is 12.0 Å². The summed E-state index contributed by atoms with van der Waals surface area (Å²) in [4.78, 5) is 4.49. The number of nitrogens with zero attached hydrogens (tertiary/aromatic N) is 1. The molecule has 84 valence electrons. The van der Waals surface area contributed by atoms with E-state index in [2.05, 4.69) is 23.7 Å². The largest absolute Gasteiger partial charge is 0.258 e. The summed E-state index contributed by atoms with van der Waals surface area (Å²) < 4.78 is 0. The standard InChI is InChI=1S/C12H17N.C2H6/c1-4-11-8-6-5-7-9-12(11)13-10(2)3;1-2/h4,7,9H,1,5-6,8H2,2-3H3;1-2H3. The minimum absolute atomic E-state index is 1.09. The molecule has 0 saturated heterocycles. The Morgan fingerprint density at radius 1 is 1.40 bits per heavy atom. The Hall–Kier alpha value is -1.11. The fourth-order valence-electron chi connectivity index (χ4n) is 1.40. The second kappa shape index (κ2) is 8.22. The average Bonchev–Trinajstić information content (AvgIpc) is 2.45. The number of allylic oxidation sites excluding steroid dienone is 4. The van der Waals surface area contributed by atoms with Crippen molar-refractivity contribution in [2.75, 3.05) is 0 Å². The molecule has 0 saturated carbocycles. The number of hydrogen-bond acceptors (Lipinski definition) is 1. The van der Waals surface area contributed by atoms with E-state index in [9.17, 15) is 0 Å². The summed E-state index contributed by atoms with van der Waals surface area (Å²) in [5.41, 5.74) is 3.46. The van der Waals surface area contributed by atoms with E-state index in [0.717, 1.165) is 24.3 Å². The maximum Gasteiger partial charge on any atom is 0.0657 e. The van der Waals surface area contributed by atoms with Crippen molar-refractivity contribution >= 4 is 5.71 Å². The van der Waals surface area contributed by atoms with E-state index in [0.29, 0.717) is 0 Å². The van der Waals surface area contributed by atoms with E-state index in [1.54, 1.807) is 0 Å². The van der Waals surface area contributed by atoms with Crippen molar-refractivity contribution in [3.63, 3.8) is 0 Å². The van der Waals surface area contributed by atoms with Gasteiger partial charge in [0.15, 0.2) is 0 Å². The summed E-state index contributed by atoms with van der Waals surface area (Å²) in [6.07, 6.45) is 9.69. The SMILES string of the molecule is C=CC1=C(N=C(C)C)C=CCCC1.CC. The van der Waals surface area contributed by atoms with Crippen molar-refractivity contribution in [3.8, 4) is 0 Å². The van der Waals surface area contributed by atoms with Crippen LogP contribution in [0.25, 0.3) is 0 Å². The Labute approximate surface area is 94.3 Å². The van der Waals surface area contributed by atoms with Crippen LogP contribution in [-0.4, -0.2) is 5.71 Å². The van der Waals surface area contributed by atoms with Crippen LogP contribution < -0.4 is 0 Å². The molecule has 0 spiro atoms. The van der Waals surface area contributed by atoms with Crippen LogP contribution in [0.3, 0.4) is 0 Å². The third kappa shape index (κ3) is 5.36. The van der Waals surface area contributed by atoms with Crippen LogP contribution in [0.2, 0.25) is 0 Å². The first-order valence-corrected chi connectivity index (χ1v) is 5.78. The second-order valence-corrected chi connectivity index (χ2v) is 3.47. The van der Waals surface area contributed by atoms with Gasteiger partial charge in [-0.15, -0.1) is 0 Å². The lowest BCUT2D eigenvalue weighted by atomic mass is 10.1. The average molecular weight is 205 g/mol. The molecule has 1 aliphatic carbocycles. The summed E-state index contributed by atoms with van der Waals surface area (Å²) in [6.45, 7) is 11.9. The lowest BCUT2D eigenvalue weighted by Gasteiger charge is -2.02. The van der Waals surface area contributed by atoms with Crippen molar-refractivity contribution in [1.29, 1.82) is 0 Å².